The molecule has 0 radical (unpaired) electrons. The first kappa shape index (κ1) is 21.8. The summed E-state index contributed by atoms with van der Waals surface area (Å²) in [4.78, 5) is 11.2. The normalized spacial score (nSPS) is 20.6. The van der Waals surface area contributed by atoms with Gasteiger partial charge in [-0.25, -0.2) is 4.99 Å². The molecular formula is C24H25F3N4O2. The summed E-state index contributed by atoms with van der Waals surface area (Å²) in [5.41, 5.74) is 1.94. The molecule has 1 fully saturated rings. The van der Waals surface area contributed by atoms with Gasteiger partial charge in [-0.3, -0.25) is 0 Å². The van der Waals surface area contributed by atoms with E-state index in [1.807, 2.05) is 30.0 Å². The predicted octanol–water partition coefficient (Wildman–Crippen LogP) is 4.47. The highest BCUT2D eigenvalue weighted by atomic mass is 19.4. The second kappa shape index (κ2) is 8.37. The van der Waals surface area contributed by atoms with Crippen LogP contribution in [0.1, 0.15) is 41.6 Å². The van der Waals surface area contributed by atoms with Gasteiger partial charge in [-0.1, -0.05) is 12.1 Å². The molecule has 1 saturated heterocycles. The zero-order valence-electron chi connectivity index (χ0n) is 18.4. The fraction of sp³-hybridized carbons (Fsp3) is 0.417. The van der Waals surface area contributed by atoms with Crippen LogP contribution < -0.4 is 15.0 Å². The number of guanidine groups is 1. The SMILES string of the molecule is Cc1c([C@@H](C)NC2=NC3=NCCN3c3ccc(OC4CCOC4)cc32)cccc1C(F)(F)F. The lowest BCUT2D eigenvalue weighted by atomic mass is 9.96. The van der Waals surface area contributed by atoms with Crippen molar-refractivity contribution in [2.75, 3.05) is 31.2 Å². The molecule has 3 heterocycles. The van der Waals surface area contributed by atoms with Crippen molar-refractivity contribution >= 4 is 17.5 Å². The predicted molar refractivity (Wildman–Crippen MR) is 120 cm³/mol. The van der Waals surface area contributed by atoms with E-state index < -0.39 is 17.8 Å². The van der Waals surface area contributed by atoms with Crippen LogP contribution in [0.25, 0.3) is 0 Å². The lowest BCUT2D eigenvalue weighted by molar-refractivity contribution is -0.138. The van der Waals surface area contributed by atoms with Crippen molar-refractivity contribution in [1.82, 2.24) is 5.32 Å². The van der Waals surface area contributed by atoms with Crippen molar-refractivity contribution < 1.29 is 22.6 Å². The molecule has 0 spiro atoms. The minimum Gasteiger partial charge on any atom is -0.488 e. The van der Waals surface area contributed by atoms with E-state index in [1.165, 1.54) is 13.0 Å². The smallest absolute Gasteiger partial charge is 0.416 e. The first-order valence-corrected chi connectivity index (χ1v) is 11.0. The van der Waals surface area contributed by atoms with Crippen molar-refractivity contribution in [1.29, 1.82) is 0 Å². The lowest BCUT2D eigenvalue weighted by Crippen LogP contribution is -2.38. The van der Waals surface area contributed by atoms with Crippen molar-refractivity contribution in [3.05, 3.63) is 58.7 Å². The van der Waals surface area contributed by atoms with E-state index in [-0.39, 0.29) is 11.7 Å². The molecule has 5 rings (SSSR count). The highest BCUT2D eigenvalue weighted by Crippen LogP contribution is 2.36. The number of aliphatic imine (C=N–C) groups is 2. The summed E-state index contributed by atoms with van der Waals surface area (Å²) in [5, 5.41) is 3.34. The number of halogens is 3. The maximum absolute atomic E-state index is 13.4. The Morgan fingerprint density at radius 3 is 2.85 bits per heavy atom. The minimum absolute atomic E-state index is 0.00980. The molecule has 3 aliphatic rings. The van der Waals surface area contributed by atoms with Crippen molar-refractivity contribution in [2.45, 2.75) is 38.6 Å². The Labute approximate surface area is 190 Å². The molecule has 3 aliphatic heterocycles. The summed E-state index contributed by atoms with van der Waals surface area (Å²) in [6.07, 6.45) is -3.55. The molecule has 2 atom stereocenters. The number of amidine groups is 1. The molecule has 0 saturated carbocycles. The molecule has 33 heavy (non-hydrogen) atoms. The second-order valence-electron chi connectivity index (χ2n) is 8.46. The molecule has 2 aromatic carbocycles. The summed E-state index contributed by atoms with van der Waals surface area (Å²) >= 11 is 0. The van der Waals surface area contributed by atoms with Crippen molar-refractivity contribution in [2.24, 2.45) is 9.98 Å². The van der Waals surface area contributed by atoms with Crippen LogP contribution in [0.15, 0.2) is 46.4 Å². The summed E-state index contributed by atoms with van der Waals surface area (Å²) < 4.78 is 51.7. The second-order valence-corrected chi connectivity index (χ2v) is 8.46. The first-order valence-electron chi connectivity index (χ1n) is 11.0. The van der Waals surface area contributed by atoms with Crippen LogP contribution in [0.4, 0.5) is 18.9 Å². The minimum atomic E-state index is -4.40. The van der Waals surface area contributed by atoms with Gasteiger partial charge < -0.3 is 19.7 Å². The number of benzene rings is 2. The highest BCUT2D eigenvalue weighted by Gasteiger charge is 2.34. The monoisotopic (exact) mass is 458 g/mol. The van der Waals surface area contributed by atoms with Gasteiger partial charge in [0.25, 0.3) is 0 Å². The van der Waals surface area contributed by atoms with Crippen LogP contribution in [0.5, 0.6) is 5.75 Å². The highest BCUT2D eigenvalue weighted by molar-refractivity contribution is 6.18. The van der Waals surface area contributed by atoms with Crippen LogP contribution in [-0.4, -0.2) is 44.2 Å². The van der Waals surface area contributed by atoms with E-state index in [9.17, 15) is 13.2 Å². The lowest BCUT2D eigenvalue weighted by Gasteiger charge is -2.29. The van der Waals surface area contributed by atoms with Gasteiger partial charge in [0.15, 0.2) is 0 Å². The Morgan fingerprint density at radius 2 is 2.09 bits per heavy atom. The Bertz CT molecular complexity index is 1120. The van der Waals surface area contributed by atoms with Gasteiger partial charge in [0.2, 0.25) is 5.96 Å². The topological polar surface area (TPSA) is 58.5 Å². The van der Waals surface area contributed by atoms with Gasteiger partial charge in [-0.2, -0.15) is 18.2 Å². The molecule has 0 aromatic heterocycles. The average molecular weight is 458 g/mol. The quantitative estimate of drug-likeness (QED) is 0.735. The third kappa shape index (κ3) is 4.17. The number of anilines is 1. The molecular weight excluding hydrogens is 433 g/mol. The van der Waals surface area contributed by atoms with Gasteiger partial charge in [0, 0.05) is 18.5 Å². The summed E-state index contributed by atoms with van der Waals surface area (Å²) in [7, 11) is 0. The number of hydrogen-bond acceptors (Lipinski definition) is 6. The molecule has 2 aromatic rings. The van der Waals surface area contributed by atoms with E-state index in [0.29, 0.717) is 42.9 Å². The van der Waals surface area contributed by atoms with Gasteiger partial charge in [-0.05, 0) is 49.2 Å². The van der Waals surface area contributed by atoms with Crippen LogP contribution in [-0.2, 0) is 10.9 Å². The van der Waals surface area contributed by atoms with Crippen LogP contribution in [0.3, 0.4) is 0 Å². The summed E-state index contributed by atoms with van der Waals surface area (Å²) in [6.45, 7) is 5.97. The number of alkyl halides is 3. The van der Waals surface area contributed by atoms with Gasteiger partial charge >= 0.3 is 6.18 Å². The maximum atomic E-state index is 13.4. The third-order valence-corrected chi connectivity index (χ3v) is 6.24. The van der Waals surface area contributed by atoms with E-state index >= 15 is 0 Å². The zero-order valence-corrected chi connectivity index (χ0v) is 18.4. The Morgan fingerprint density at radius 1 is 1.24 bits per heavy atom. The number of fused-ring (bicyclic) bond motifs is 3. The van der Waals surface area contributed by atoms with Crippen molar-refractivity contribution in [3.8, 4) is 5.75 Å². The zero-order chi connectivity index (χ0) is 23.2. The molecule has 6 nitrogen and oxygen atoms in total. The van der Waals surface area contributed by atoms with Gasteiger partial charge in [0.1, 0.15) is 17.7 Å². The van der Waals surface area contributed by atoms with E-state index in [2.05, 4.69) is 10.3 Å². The summed E-state index contributed by atoms with van der Waals surface area (Å²) in [6, 6.07) is 9.71. The maximum Gasteiger partial charge on any atom is 0.416 e. The number of nitrogens with one attached hydrogen (secondary N) is 1. The fourth-order valence-electron chi connectivity index (χ4n) is 4.55. The number of rotatable bonds is 4. The average Bonchev–Trinajstić information content (AvgIpc) is 3.45. The molecule has 0 aliphatic carbocycles. The van der Waals surface area contributed by atoms with E-state index in [4.69, 9.17) is 14.5 Å². The molecule has 174 valence electrons. The largest absolute Gasteiger partial charge is 0.488 e. The number of ether oxygens (including phenoxy) is 2. The third-order valence-electron chi connectivity index (χ3n) is 6.24. The van der Waals surface area contributed by atoms with Crippen LogP contribution >= 0.6 is 0 Å². The van der Waals surface area contributed by atoms with Crippen LogP contribution in [0, 0.1) is 6.92 Å². The standard InChI is InChI=1S/C24H25F3N4O2/c1-14-18(4-3-5-20(14)24(25,26)27)15(2)29-22-19-12-16(33-17-8-11-32-13-17)6-7-21(19)31-10-9-28-23(31)30-22/h3-7,12,15,17H,8-11,13H2,1-2H3,(H,28,29,30)/t15-,17?/m1/s1. The molecule has 9 heteroatoms. The molecule has 0 bridgehead atoms. The van der Waals surface area contributed by atoms with E-state index in [0.717, 1.165) is 30.3 Å². The molecule has 0 amide bonds. The van der Waals surface area contributed by atoms with E-state index in [1.54, 1.807) is 6.07 Å². The van der Waals surface area contributed by atoms with Crippen molar-refractivity contribution in [3.63, 3.8) is 0 Å². The van der Waals surface area contributed by atoms with Gasteiger partial charge in [0.05, 0.1) is 37.1 Å². The Kier molecular flexibility index (Phi) is 5.52. The van der Waals surface area contributed by atoms with Crippen LogP contribution in [0.2, 0.25) is 0 Å². The summed E-state index contributed by atoms with van der Waals surface area (Å²) in [5.74, 6) is 1.89. The Balaban J connectivity index is 1.47. The van der Waals surface area contributed by atoms with Gasteiger partial charge in [-0.15, -0.1) is 0 Å². The molecule has 1 unspecified atom stereocenters. The first-order chi connectivity index (χ1) is 15.8. The fourth-order valence-corrected chi connectivity index (χ4v) is 4.55. The molecule has 1 N–H and O–H groups in total. The number of hydrogen-bond donors (Lipinski definition) is 1. The Hall–Kier alpha value is -3.07. The number of nitrogens with zero attached hydrogens (tertiary/aromatic N) is 3.